The summed E-state index contributed by atoms with van der Waals surface area (Å²) in [4.78, 5) is 0. The van der Waals surface area contributed by atoms with Gasteiger partial charge in [-0.15, -0.1) is 0 Å². The Balaban J connectivity index is 0.000000158. The molecule has 0 saturated carbocycles. The molecule has 0 aromatic heterocycles. The molecule has 0 aliphatic heterocycles. The van der Waals surface area contributed by atoms with E-state index in [0.717, 1.165) is 0 Å². The molecular formula is C120H78. The van der Waals surface area contributed by atoms with E-state index < -0.39 is 701 Å². The van der Waals surface area contributed by atoms with Crippen molar-refractivity contribution in [3.8, 4) is 100 Å². The number of benzene rings is 24. The van der Waals surface area contributed by atoms with Gasteiger partial charge < -0.3 is 0 Å². The second-order valence-electron chi connectivity index (χ2n) is 25.5. The molecule has 0 spiro atoms. The minimum atomic E-state index is -1.08. The largest absolute Gasteiger partial charge is 0.0636 e. The topological polar surface area (TPSA) is 0 Å². The molecule has 0 bridgehead atoms. The van der Waals surface area contributed by atoms with Crippen LogP contribution in [-0.2, 0) is 0 Å². The van der Waals surface area contributed by atoms with Crippen LogP contribution in [0.4, 0.5) is 0 Å². The minimum Gasteiger partial charge on any atom is -0.0622 e. The van der Waals surface area contributed by atoms with E-state index in [2.05, 4.69) is 0 Å². The van der Waals surface area contributed by atoms with Crippen molar-refractivity contribution in [3.63, 3.8) is 0 Å². The van der Waals surface area contributed by atoms with Crippen molar-refractivity contribution in [2.75, 3.05) is 0 Å². The number of hydrogen-bond acceptors (Lipinski definition) is 0. The van der Waals surface area contributed by atoms with E-state index in [-0.39, 0.29) is 0 Å². The monoisotopic (exact) mass is 1600 g/mol. The molecule has 0 saturated heterocycles. The van der Waals surface area contributed by atoms with Crippen LogP contribution in [0.3, 0.4) is 0 Å². The van der Waals surface area contributed by atoms with E-state index in [0.29, 0.717) is 0 Å². The van der Waals surface area contributed by atoms with Crippen LogP contribution in [0, 0.1) is 0 Å². The van der Waals surface area contributed by atoms with Crippen LogP contribution < -0.4 is 0 Å². The van der Waals surface area contributed by atoms with Gasteiger partial charge in [0.25, 0.3) is 0 Å². The molecule has 24 rings (SSSR count). The second-order valence-corrected chi connectivity index (χ2v) is 25.5. The van der Waals surface area contributed by atoms with Gasteiger partial charge in [-0.1, -0.05) is 423 Å². The van der Waals surface area contributed by atoms with Crippen molar-refractivity contribution in [3.05, 3.63) is 471 Å². The van der Waals surface area contributed by atoms with Crippen LogP contribution in [0.25, 0.3) is 229 Å². The lowest BCUT2D eigenvalue weighted by Gasteiger charge is -2.19. The Morgan fingerprint density at radius 2 is 0.300 bits per heavy atom. The molecule has 0 heteroatoms. The summed E-state index contributed by atoms with van der Waals surface area (Å²) in [6.07, 6.45) is 0. The first-order valence-electron chi connectivity index (χ1n) is 74.2. The van der Waals surface area contributed by atoms with Gasteiger partial charge in [-0.25, -0.2) is 0 Å². The number of fused-ring (bicyclic) bond motifs is 12. The standard InChI is InChI=1S/3C40H26/c1-2-12-29(13-3-1)39-35-16-8-9-17-36(35)40(34-21-19-28-11-5-7-15-31(28)25-34)37-23-22-33(26-38(37)39)32-20-18-27-10-4-6-14-30(27)24-32;1-2-12-29(13-3-1)39-35-16-8-9-17-36(35)40(34-21-19-28-11-5-7-15-31(28)25-34)38-26-33(22-23-37(38)39)32-20-18-27-10-4-6-14-30(27)24-32;1-2-13-29(14-3-1)39-35-18-8-9-19-36(35)40(32-22-21-27-11-4-5-15-30(27)25-32)37-24-23-31(26-38(37)39)34-20-10-16-28-12-6-7-17-33(28)34/h3*1-26H/i3*1D,2D,3D,4D,5D,6D,7D,8D,9D,10D,11D,12D,13D,14D,15D,16D,17D,18D,19D,20D,21D,22D,23D,24D,25D,26D. The Bertz CT molecular complexity index is 13100. The highest BCUT2D eigenvalue weighted by atomic mass is 14.3. The summed E-state index contributed by atoms with van der Waals surface area (Å²) < 4.78 is 694. The lowest BCUT2D eigenvalue weighted by atomic mass is 9.84. The molecule has 0 fully saturated rings. The highest BCUT2D eigenvalue weighted by Gasteiger charge is 2.23. The fourth-order valence-electron chi connectivity index (χ4n) is 13.7. The van der Waals surface area contributed by atoms with Gasteiger partial charge in [0.05, 0.1) is 107 Å². The van der Waals surface area contributed by atoms with Gasteiger partial charge in [0.2, 0.25) is 0 Å². The summed E-state index contributed by atoms with van der Waals surface area (Å²) in [5, 5.41) is -16.5. The average Bonchev–Trinajstić information content (AvgIpc) is 0.682. The maximum absolute atomic E-state index is 10.00. The van der Waals surface area contributed by atoms with Crippen LogP contribution in [0.5, 0.6) is 0 Å². The number of rotatable bonds is 9. The van der Waals surface area contributed by atoms with Crippen molar-refractivity contribution in [1.82, 2.24) is 0 Å². The summed E-state index contributed by atoms with van der Waals surface area (Å²) in [6, 6.07) is -73.1. The SMILES string of the molecule is [2H]c1c([2H])c([2H])c(-c2c3c([2H])c([2H])c([2H])c([2H])c3c(-c3c([2H])c([2H])c4c([2H])c([2H])c([2H])c([2H])c4c3[2H])c3c([2H])c(-c4c([2H])c([2H])c5c([2H])c([2H])c([2H])c([2H])c5c4[2H])c([2H])c([2H])c23)c([2H])c1[2H].[2H]c1c([2H])c([2H])c(-c2c3c([2H])c([2H])c([2H])c([2H])c3c(-c3c([2H])c([2H])c4c([2H])c([2H])c([2H])c([2H])c4c3[2H])c3c([2H])c([2H])c(-c4c([2H])c([2H])c([2H])c5c([2H])c([2H])c([2H])c([2H])c45)c([2H])c23)c([2H])c1[2H].[2H]c1c([2H])c([2H])c(-c2c3c([2H])c([2H])c([2H])c([2H])c3c(-c3c([2H])c([2H])c4c([2H])c([2H])c([2H])c([2H])c4c3[2H])c3c([2H])c([2H])c(-c4c([2H])c([2H])c5c([2H])c([2H])c([2H])c([2H])c5c4[2H])c([2H])c23)c([2H])c1[2H]. The van der Waals surface area contributed by atoms with E-state index in [1.54, 1.807) is 0 Å². The highest BCUT2D eigenvalue weighted by molar-refractivity contribution is 6.26. The lowest BCUT2D eigenvalue weighted by molar-refractivity contribution is 1.65. The molecule has 558 valence electrons. The average molecular weight is 1600 g/mol. The molecule has 0 radical (unpaired) electrons. The molecule has 0 amide bonds. The van der Waals surface area contributed by atoms with E-state index in [1.165, 1.54) is 0 Å². The van der Waals surface area contributed by atoms with Gasteiger partial charge in [-0.05, 0) is 278 Å². The fourth-order valence-corrected chi connectivity index (χ4v) is 13.7. The molecule has 0 unspecified atom stereocenters. The molecule has 0 nitrogen and oxygen atoms in total. The summed E-state index contributed by atoms with van der Waals surface area (Å²) >= 11 is 0. The molecule has 24 aromatic rings. The van der Waals surface area contributed by atoms with Crippen LogP contribution in [0.1, 0.15) is 107 Å². The lowest BCUT2D eigenvalue weighted by Crippen LogP contribution is -1.92. The fraction of sp³-hybridized carbons (Fsp3) is 0. The third-order valence-corrected chi connectivity index (χ3v) is 18.8. The Hall–Kier alpha value is -15.6. The number of hydrogen-bond donors (Lipinski definition) is 0. The van der Waals surface area contributed by atoms with E-state index in [1.807, 2.05) is 0 Å². The second kappa shape index (κ2) is 30.5. The van der Waals surface area contributed by atoms with Crippen LogP contribution in [0.15, 0.2) is 471 Å². The molecule has 0 N–H and O–H groups in total. The van der Waals surface area contributed by atoms with Crippen molar-refractivity contribution >= 4 is 129 Å². The van der Waals surface area contributed by atoms with E-state index in [9.17, 15) is 31.5 Å². The third kappa shape index (κ3) is 12.9. The summed E-state index contributed by atoms with van der Waals surface area (Å²) in [6.45, 7) is 0. The predicted molar refractivity (Wildman–Crippen MR) is 518 cm³/mol. The molecule has 0 atom stereocenters. The van der Waals surface area contributed by atoms with Gasteiger partial charge >= 0.3 is 0 Å². The van der Waals surface area contributed by atoms with Crippen molar-refractivity contribution in [2.24, 2.45) is 0 Å². The third-order valence-electron chi connectivity index (χ3n) is 18.8. The Kier molecular flexibility index (Phi) is 6.87. The summed E-state index contributed by atoms with van der Waals surface area (Å²) in [5.74, 6) is 0. The minimum absolute atomic E-state index is 0.569. The van der Waals surface area contributed by atoms with Gasteiger partial charge in [0.1, 0.15) is 0 Å². The van der Waals surface area contributed by atoms with Crippen molar-refractivity contribution < 1.29 is 107 Å². The van der Waals surface area contributed by atoms with Crippen molar-refractivity contribution in [2.45, 2.75) is 0 Å². The molecular weight excluding hydrogens is 1440 g/mol. The zero-order chi connectivity index (χ0) is 147. The van der Waals surface area contributed by atoms with Gasteiger partial charge in [0.15, 0.2) is 0 Å². The maximum Gasteiger partial charge on any atom is 0.0636 e. The van der Waals surface area contributed by atoms with Crippen LogP contribution in [0.2, 0.25) is 0 Å². The zero-order valence-corrected chi connectivity index (χ0v) is 60.0. The van der Waals surface area contributed by atoms with Gasteiger partial charge in [-0.2, -0.15) is 0 Å². The molecule has 24 aromatic carbocycles. The maximum atomic E-state index is 10.00. The van der Waals surface area contributed by atoms with Gasteiger partial charge in [-0.3, -0.25) is 0 Å². The van der Waals surface area contributed by atoms with Crippen molar-refractivity contribution in [1.29, 1.82) is 0 Å². The highest BCUT2D eigenvalue weighted by Crippen LogP contribution is 2.50. The molecule has 0 heterocycles. The first-order chi connectivity index (χ1) is 92.0. The molecule has 0 aliphatic rings. The quantitative estimate of drug-likeness (QED) is 0.126. The molecule has 0 aliphatic carbocycles. The van der Waals surface area contributed by atoms with Gasteiger partial charge in [0, 0.05) is 0 Å². The zero-order valence-electron chi connectivity index (χ0n) is 138. The van der Waals surface area contributed by atoms with E-state index in [4.69, 9.17) is 75.4 Å². The Morgan fingerprint density at radius 1 is 0.100 bits per heavy atom. The predicted octanol–water partition coefficient (Wildman–Crippen LogP) is 33.9. The van der Waals surface area contributed by atoms with E-state index >= 15 is 0 Å². The Labute approximate surface area is 807 Å². The van der Waals surface area contributed by atoms with Crippen LogP contribution in [-0.4, -0.2) is 0 Å². The smallest absolute Gasteiger partial charge is 0.0622 e. The summed E-state index contributed by atoms with van der Waals surface area (Å²) in [5.41, 5.74) is -14.4. The Morgan fingerprint density at radius 3 is 0.633 bits per heavy atom. The summed E-state index contributed by atoms with van der Waals surface area (Å²) in [7, 11) is 0. The first-order valence-corrected chi connectivity index (χ1v) is 35.2. The first kappa shape index (κ1) is 27.0. The molecule has 120 heavy (non-hydrogen) atoms. The normalized spacial score (nSPS) is 20.6. The van der Waals surface area contributed by atoms with Crippen LogP contribution >= 0.6 is 0 Å².